The van der Waals surface area contributed by atoms with Gasteiger partial charge in [-0.3, -0.25) is 29.6 Å². The maximum absolute atomic E-state index is 13.8. The van der Waals surface area contributed by atoms with Crippen molar-refractivity contribution in [3.05, 3.63) is 0 Å². The lowest BCUT2D eigenvalue weighted by atomic mass is 9.59. The van der Waals surface area contributed by atoms with Crippen LogP contribution < -0.4 is 22.7 Å². The quantitative estimate of drug-likeness (QED) is 0.0296. The number of hydrogen-bond donors (Lipinski definition) is 7. The lowest BCUT2D eigenvalue weighted by Crippen LogP contribution is -2.74. The van der Waals surface area contributed by atoms with Gasteiger partial charge in [0.25, 0.3) is 5.91 Å². The zero-order chi connectivity index (χ0) is 30.1. The molecule has 0 aromatic rings. The number of hydrogen-bond acceptors (Lipinski definition) is 11. The van der Waals surface area contributed by atoms with Crippen molar-refractivity contribution in [2.45, 2.75) is 102 Å². The average molecular weight is 561 g/mol. The third-order valence-corrected chi connectivity index (χ3v) is 7.06. The monoisotopic (exact) mass is 560 g/mol. The normalized spacial score (nSPS) is 15.1. The van der Waals surface area contributed by atoms with E-state index >= 15 is 0 Å². The maximum Gasteiger partial charge on any atom is 0.270 e. The van der Waals surface area contributed by atoms with Crippen molar-refractivity contribution < 1.29 is 39.6 Å². The molecule has 0 spiro atoms. The van der Waals surface area contributed by atoms with Crippen molar-refractivity contribution in [3.63, 3.8) is 0 Å². The number of primary amides is 1. The molecule has 0 aromatic heterocycles. The van der Waals surface area contributed by atoms with Crippen molar-refractivity contribution in [2.75, 3.05) is 19.6 Å². The molecule has 0 bridgehead atoms. The number of carbonyl (C=O) groups excluding carboxylic acids is 5. The van der Waals surface area contributed by atoms with Crippen molar-refractivity contribution >= 4 is 29.8 Å². The number of nitrogens with two attached hydrogens (primary N) is 3. The van der Waals surface area contributed by atoms with E-state index in [0.717, 1.165) is 0 Å². The summed E-state index contributed by atoms with van der Waals surface area (Å²) in [4.78, 5) is 63.3. The fourth-order valence-electron chi connectivity index (χ4n) is 4.76. The Morgan fingerprint density at radius 3 is 1.97 bits per heavy atom. The Balaban J connectivity index is 6.62. The number of unbranched alkanes of at least 4 members (excludes halogenated alkanes) is 6. The molecular formula is C25H48N6O8. The van der Waals surface area contributed by atoms with Crippen molar-refractivity contribution in [1.82, 2.24) is 15.6 Å². The van der Waals surface area contributed by atoms with E-state index in [1.54, 1.807) is 0 Å². The number of Topliss-reactive ketones (excluding diaryl/α,β-unsaturated/α-hetero) is 1. The van der Waals surface area contributed by atoms with Crippen LogP contribution in [0.15, 0.2) is 0 Å². The summed E-state index contributed by atoms with van der Waals surface area (Å²) in [6, 6.07) is -1.51. The van der Waals surface area contributed by atoms with Gasteiger partial charge < -0.3 is 27.2 Å². The molecule has 39 heavy (non-hydrogen) atoms. The highest BCUT2D eigenvalue weighted by Gasteiger charge is 2.65. The molecule has 0 aliphatic carbocycles. The Morgan fingerprint density at radius 2 is 1.49 bits per heavy atom. The molecule has 0 aliphatic heterocycles. The molecule has 0 heterocycles. The van der Waals surface area contributed by atoms with Gasteiger partial charge >= 0.3 is 0 Å². The summed E-state index contributed by atoms with van der Waals surface area (Å²) in [5.74, 6) is -3.95. The van der Waals surface area contributed by atoms with Gasteiger partial charge in [-0.1, -0.05) is 45.4 Å². The fraction of sp³-hybridized carbons (Fsp3) is 0.800. The second-order valence-corrected chi connectivity index (χ2v) is 9.85. The van der Waals surface area contributed by atoms with Crippen LogP contribution in [-0.2, 0) is 24.0 Å². The number of carbonyl (C=O) groups is 5. The SMILES string of the molecule is CCCCCC(NO)(C(=O)N(O)CCCCCN)C(CCCCCN(O)C(C)=O)(C(N)=O)C(=O)C(N)CC=O. The van der Waals surface area contributed by atoms with Gasteiger partial charge in [0, 0.05) is 26.4 Å². The van der Waals surface area contributed by atoms with E-state index < -0.39 is 46.9 Å². The third kappa shape index (κ3) is 9.89. The molecule has 14 nitrogen and oxygen atoms in total. The molecule has 3 unspecified atom stereocenters. The predicted octanol–water partition coefficient (Wildman–Crippen LogP) is 0.386. The standard InChI is InChI=1S/C25H48N6O8/c1-3-4-7-14-25(29-37,23(36)31(39)17-11-6-9-15-26)24(22(28)35,21(34)20(27)12-18-32)13-8-5-10-16-30(38)19(2)33/h18,20,29,37-39H,3-17,26-27H2,1-2H3,(H2,28,35). The van der Waals surface area contributed by atoms with Gasteiger partial charge in [-0.2, -0.15) is 5.48 Å². The van der Waals surface area contributed by atoms with Gasteiger partial charge in [-0.15, -0.1) is 0 Å². The largest absolute Gasteiger partial charge is 0.369 e. The first-order chi connectivity index (χ1) is 18.4. The summed E-state index contributed by atoms with van der Waals surface area (Å²) < 4.78 is 0. The lowest BCUT2D eigenvalue weighted by molar-refractivity contribution is -0.192. The highest BCUT2D eigenvalue weighted by molar-refractivity contribution is 6.14. The van der Waals surface area contributed by atoms with Crippen LogP contribution >= 0.6 is 0 Å². The molecule has 14 heteroatoms. The molecule has 0 aromatic carbocycles. The number of rotatable bonds is 23. The molecule has 226 valence electrons. The van der Waals surface area contributed by atoms with Gasteiger partial charge in [0.05, 0.1) is 6.04 Å². The molecular weight excluding hydrogens is 512 g/mol. The van der Waals surface area contributed by atoms with Crippen LogP contribution in [0.3, 0.4) is 0 Å². The number of nitrogens with zero attached hydrogens (tertiary/aromatic N) is 2. The van der Waals surface area contributed by atoms with Crippen LogP contribution in [0.4, 0.5) is 0 Å². The third-order valence-electron chi connectivity index (χ3n) is 7.06. The number of amides is 3. The molecule has 10 N–H and O–H groups in total. The van der Waals surface area contributed by atoms with E-state index in [2.05, 4.69) is 0 Å². The Hall–Kier alpha value is -2.49. The Morgan fingerprint density at radius 1 is 0.923 bits per heavy atom. The first-order valence-corrected chi connectivity index (χ1v) is 13.6. The summed E-state index contributed by atoms with van der Waals surface area (Å²) in [5.41, 5.74) is 14.4. The second kappa shape index (κ2) is 18.7. The maximum atomic E-state index is 13.8. The van der Waals surface area contributed by atoms with Gasteiger partial charge in [0.2, 0.25) is 11.8 Å². The molecule has 0 aliphatic rings. The highest BCUT2D eigenvalue weighted by atomic mass is 16.5. The number of ketones is 1. The first-order valence-electron chi connectivity index (χ1n) is 13.6. The summed E-state index contributed by atoms with van der Waals surface area (Å²) in [6.45, 7) is 3.34. The van der Waals surface area contributed by atoms with E-state index in [1.807, 2.05) is 12.4 Å². The van der Waals surface area contributed by atoms with E-state index in [-0.39, 0.29) is 45.2 Å². The zero-order valence-electron chi connectivity index (χ0n) is 23.3. The second-order valence-electron chi connectivity index (χ2n) is 9.85. The van der Waals surface area contributed by atoms with Crippen LogP contribution in [0.1, 0.15) is 90.9 Å². The van der Waals surface area contributed by atoms with Gasteiger partial charge in [0.15, 0.2) is 5.78 Å². The van der Waals surface area contributed by atoms with Crippen LogP contribution in [0, 0.1) is 5.41 Å². The molecule has 0 radical (unpaired) electrons. The predicted molar refractivity (Wildman–Crippen MR) is 141 cm³/mol. The molecule has 0 fully saturated rings. The Kier molecular flexibility index (Phi) is 17.5. The highest BCUT2D eigenvalue weighted by Crippen LogP contribution is 2.43. The van der Waals surface area contributed by atoms with Crippen molar-refractivity contribution in [3.8, 4) is 0 Å². The van der Waals surface area contributed by atoms with Gasteiger partial charge in [0.1, 0.15) is 17.2 Å². The van der Waals surface area contributed by atoms with E-state index in [9.17, 15) is 39.6 Å². The molecule has 3 amide bonds. The average Bonchev–Trinajstić information content (AvgIpc) is 2.90. The Bertz CT molecular complexity index is 801. The topological polar surface area (TPSA) is 243 Å². The minimum absolute atomic E-state index is 0.0104. The van der Waals surface area contributed by atoms with Crippen LogP contribution in [0.2, 0.25) is 0 Å². The van der Waals surface area contributed by atoms with E-state index in [4.69, 9.17) is 17.2 Å². The lowest BCUT2D eigenvalue weighted by Gasteiger charge is -2.47. The zero-order valence-corrected chi connectivity index (χ0v) is 23.3. The van der Waals surface area contributed by atoms with Gasteiger partial charge in [-0.05, 0) is 38.6 Å². The molecule has 0 saturated carbocycles. The fourth-order valence-corrected chi connectivity index (χ4v) is 4.76. The van der Waals surface area contributed by atoms with Crippen LogP contribution in [0.5, 0.6) is 0 Å². The Labute approximate surface area is 230 Å². The smallest absolute Gasteiger partial charge is 0.270 e. The molecule has 0 saturated heterocycles. The first kappa shape index (κ1) is 36.5. The number of hydroxylamine groups is 5. The molecule has 3 atom stereocenters. The van der Waals surface area contributed by atoms with Crippen molar-refractivity contribution in [1.29, 1.82) is 0 Å². The number of nitrogens with one attached hydrogen (secondary N) is 1. The number of aldehydes is 1. The van der Waals surface area contributed by atoms with Crippen LogP contribution in [0.25, 0.3) is 0 Å². The molecule has 0 rings (SSSR count). The minimum Gasteiger partial charge on any atom is -0.369 e. The minimum atomic E-state index is -2.44. The van der Waals surface area contributed by atoms with Crippen molar-refractivity contribution in [2.24, 2.45) is 22.6 Å². The van der Waals surface area contributed by atoms with Gasteiger partial charge in [-0.25, -0.2) is 10.1 Å². The summed E-state index contributed by atoms with van der Waals surface area (Å²) in [6.07, 6.45) is 3.19. The summed E-state index contributed by atoms with van der Waals surface area (Å²) in [5, 5.41) is 31.7. The van der Waals surface area contributed by atoms with Crippen LogP contribution in [-0.4, -0.2) is 86.8 Å². The summed E-state index contributed by atoms with van der Waals surface area (Å²) in [7, 11) is 0. The van der Waals surface area contributed by atoms with E-state index in [1.165, 1.54) is 6.92 Å². The summed E-state index contributed by atoms with van der Waals surface area (Å²) >= 11 is 0. The van der Waals surface area contributed by atoms with E-state index in [0.29, 0.717) is 61.5 Å².